The zero-order valence-corrected chi connectivity index (χ0v) is 18.1. The molecule has 1 aromatic heterocycles. The minimum atomic E-state index is -1.08. The average Bonchev–Trinajstić information content (AvgIpc) is 3.41. The Balaban J connectivity index is 1.91. The van der Waals surface area contributed by atoms with E-state index in [-0.39, 0.29) is 38.2 Å². The van der Waals surface area contributed by atoms with Gasteiger partial charge in [0.1, 0.15) is 17.6 Å². The van der Waals surface area contributed by atoms with E-state index in [0.29, 0.717) is 0 Å². The van der Waals surface area contributed by atoms with Crippen molar-refractivity contribution in [2.24, 2.45) is 0 Å². The van der Waals surface area contributed by atoms with Gasteiger partial charge in [-0.1, -0.05) is 29.3 Å². The Labute approximate surface area is 192 Å². The fourth-order valence-electron chi connectivity index (χ4n) is 3.51. The van der Waals surface area contributed by atoms with Crippen molar-refractivity contribution in [1.82, 2.24) is 0 Å². The molecule has 162 valence electrons. The summed E-state index contributed by atoms with van der Waals surface area (Å²) in [5.41, 5.74) is 0.461. The van der Waals surface area contributed by atoms with E-state index >= 15 is 0 Å². The maximum Gasteiger partial charge on any atom is 0.337 e. The van der Waals surface area contributed by atoms with Crippen LogP contribution in [0.15, 0.2) is 70.9 Å². The van der Waals surface area contributed by atoms with Gasteiger partial charge in [0.05, 0.1) is 34.6 Å². The van der Waals surface area contributed by atoms with Crippen molar-refractivity contribution in [3.05, 3.63) is 93.4 Å². The number of Topliss-reactive ketones (excluding diaryl/α,β-unsaturated/α-hetero) is 1. The fourth-order valence-corrected chi connectivity index (χ4v) is 3.81. The Morgan fingerprint density at radius 1 is 1.03 bits per heavy atom. The molecule has 1 N–H and O–H groups in total. The number of benzene rings is 2. The first-order valence-corrected chi connectivity index (χ1v) is 10.1. The molecule has 0 radical (unpaired) electrons. The van der Waals surface area contributed by atoms with Crippen LogP contribution in [0, 0.1) is 0 Å². The number of rotatable bonds is 4. The van der Waals surface area contributed by atoms with Gasteiger partial charge in [-0.2, -0.15) is 0 Å². The van der Waals surface area contributed by atoms with E-state index in [0.717, 1.165) is 4.90 Å². The van der Waals surface area contributed by atoms with Gasteiger partial charge >= 0.3 is 5.97 Å². The van der Waals surface area contributed by atoms with Crippen LogP contribution < -0.4 is 4.90 Å². The van der Waals surface area contributed by atoms with Gasteiger partial charge < -0.3 is 14.3 Å². The van der Waals surface area contributed by atoms with E-state index in [1.165, 1.54) is 43.7 Å². The highest BCUT2D eigenvalue weighted by molar-refractivity contribution is 6.51. The summed E-state index contributed by atoms with van der Waals surface area (Å²) in [7, 11) is 1.24. The molecule has 9 heteroatoms. The number of anilines is 1. The standard InChI is InChI=1S/C23H15Cl2NO6/c1-31-23(30)13-4-2-5-14(10-13)26-19(17-6-3-9-32-17)18(21(28)22(26)29)20(27)12-7-8-15(24)16(25)11-12/h2-11,19,27H,1H3/b20-18-. The first-order chi connectivity index (χ1) is 15.3. The molecule has 1 amide bonds. The van der Waals surface area contributed by atoms with Crippen LogP contribution in [0.5, 0.6) is 0 Å². The molecule has 1 atom stereocenters. The molecule has 1 unspecified atom stereocenters. The van der Waals surface area contributed by atoms with Crippen molar-refractivity contribution in [1.29, 1.82) is 0 Å². The molecule has 1 aliphatic heterocycles. The zero-order chi connectivity index (χ0) is 23.0. The molecule has 1 saturated heterocycles. The largest absolute Gasteiger partial charge is 0.507 e. The number of carbonyl (C=O) groups excluding carboxylic acids is 3. The van der Waals surface area contributed by atoms with Crippen LogP contribution in [-0.4, -0.2) is 29.9 Å². The molecule has 2 aromatic carbocycles. The van der Waals surface area contributed by atoms with E-state index in [2.05, 4.69) is 0 Å². The monoisotopic (exact) mass is 471 g/mol. The summed E-state index contributed by atoms with van der Waals surface area (Å²) in [6.45, 7) is 0. The van der Waals surface area contributed by atoms with Gasteiger partial charge in [-0.3, -0.25) is 14.5 Å². The highest BCUT2D eigenvalue weighted by Gasteiger charge is 2.48. The van der Waals surface area contributed by atoms with E-state index in [1.54, 1.807) is 24.3 Å². The van der Waals surface area contributed by atoms with Crippen molar-refractivity contribution in [3.8, 4) is 0 Å². The van der Waals surface area contributed by atoms with Crippen molar-refractivity contribution in [2.75, 3.05) is 12.0 Å². The number of hydrogen-bond donors (Lipinski definition) is 1. The van der Waals surface area contributed by atoms with E-state index < -0.39 is 29.5 Å². The maximum absolute atomic E-state index is 13.1. The second-order valence-corrected chi connectivity index (χ2v) is 7.67. The second kappa shape index (κ2) is 8.53. The summed E-state index contributed by atoms with van der Waals surface area (Å²) in [6.07, 6.45) is 1.39. The van der Waals surface area contributed by atoms with Gasteiger partial charge in [0.25, 0.3) is 11.7 Å². The number of halogens is 2. The summed E-state index contributed by atoms with van der Waals surface area (Å²) in [4.78, 5) is 39.2. The van der Waals surface area contributed by atoms with Crippen LogP contribution in [0.4, 0.5) is 5.69 Å². The highest BCUT2D eigenvalue weighted by atomic mass is 35.5. The summed E-state index contributed by atoms with van der Waals surface area (Å²) in [5.74, 6) is -2.61. The van der Waals surface area contributed by atoms with Crippen molar-refractivity contribution >= 4 is 52.3 Å². The molecule has 1 aliphatic rings. The Hall–Kier alpha value is -3.55. The van der Waals surface area contributed by atoms with Gasteiger partial charge in [-0.15, -0.1) is 0 Å². The van der Waals surface area contributed by atoms with Gasteiger partial charge in [-0.25, -0.2) is 4.79 Å². The number of aliphatic hydroxyl groups excluding tert-OH is 1. The Kier molecular flexibility index (Phi) is 5.78. The topological polar surface area (TPSA) is 97.0 Å². The van der Waals surface area contributed by atoms with Crippen LogP contribution in [0.2, 0.25) is 10.0 Å². The van der Waals surface area contributed by atoms with Gasteiger partial charge in [0, 0.05) is 11.3 Å². The normalized spacial score (nSPS) is 17.6. The SMILES string of the molecule is COC(=O)c1cccc(N2C(=O)C(=O)/C(=C(\O)c3ccc(Cl)c(Cl)c3)C2c2ccco2)c1. The van der Waals surface area contributed by atoms with Crippen LogP contribution in [0.25, 0.3) is 5.76 Å². The van der Waals surface area contributed by atoms with Crippen LogP contribution in [-0.2, 0) is 14.3 Å². The zero-order valence-electron chi connectivity index (χ0n) is 16.5. The number of aliphatic hydroxyl groups is 1. The minimum absolute atomic E-state index is 0.172. The van der Waals surface area contributed by atoms with Crippen molar-refractivity contribution < 1.29 is 28.6 Å². The third-order valence-electron chi connectivity index (χ3n) is 5.00. The lowest BCUT2D eigenvalue weighted by molar-refractivity contribution is -0.132. The second-order valence-electron chi connectivity index (χ2n) is 6.86. The quantitative estimate of drug-likeness (QED) is 0.249. The lowest BCUT2D eigenvalue weighted by Gasteiger charge is -2.23. The fraction of sp³-hybridized carbons (Fsp3) is 0.0870. The Morgan fingerprint density at radius 2 is 1.81 bits per heavy atom. The Bertz CT molecular complexity index is 1270. The molecular formula is C23H15Cl2NO6. The predicted octanol–water partition coefficient (Wildman–Crippen LogP) is 5.00. The maximum atomic E-state index is 13.1. The van der Waals surface area contributed by atoms with Gasteiger partial charge in [0.15, 0.2) is 0 Å². The van der Waals surface area contributed by atoms with E-state index in [9.17, 15) is 19.5 Å². The number of furan rings is 1. The molecule has 0 bridgehead atoms. The summed E-state index contributed by atoms with van der Waals surface area (Å²) in [5, 5.41) is 11.4. The summed E-state index contributed by atoms with van der Waals surface area (Å²) in [6, 6.07) is 12.5. The molecule has 2 heterocycles. The third-order valence-corrected chi connectivity index (χ3v) is 5.73. The molecular weight excluding hydrogens is 457 g/mol. The summed E-state index contributed by atoms with van der Waals surface area (Å²) < 4.78 is 10.2. The third kappa shape index (κ3) is 3.66. The number of ether oxygens (including phenoxy) is 1. The number of nitrogens with zero attached hydrogens (tertiary/aromatic N) is 1. The number of hydrogen-bond acceptors (Lipinski definition) is 6. The minimum Gasteiger partial charge on any atom is -0.507 e. The lowest BCUT2D eigenvalue weighted by atomic mass is 9.99. The molecule has 1 fully saturated rings. The van der Waals surface area contributed by atoms with Gasteiger partial charge in [0.2, 0.25) is 0 Å². The molecule has 0 spiro atoms. The van der Waals surface area contributed by atoms with E-state index in [4.69, 9.17) is 32.4 Å². The van der Waals surface area contributed by atoms with Crippen molar-refractivity contribution in [2.45, 2.75) is 6.04 Å². The van der Waals surface area contributed by atoms with Crippen LogP contribution in [0.3, 0.4) is 0 Å². The lowest BCUT2D eigenvalue weighted by Crippen LogP contribution is -2.29. The smallest absolute Gasteiger partial charge is 0.337 e. The number of carbonyl (C=O) groups is 3. The molecule has 0 aliphatic carbocycles. The Morgan fingerprint density at radius 3 is 2.47 bits per heavy atom. The first-order valence-electron chi connectivity index (χ1n) is 9.31. The van der Waals surface area contributed by atoms with E-state index in [1.807, 2.05) is 0 Å². The molecule has 3 aromatic rings. The number of esters is 1. The van der Waals surface area contributed by atoms with Gasteiger partial charge in [-0.05, 0) is 48.5 Å². The average molecular weight is 472 g/mol. The number of ketones is 1. The predicted molar refractivity (Wildman–Crippen MR) is 118 cm³/mol. The molecule has 7 nitrogen and oxygen atoms in total. The van der Waals surface area contributed by atoms with Crippen LogP contribution >= 0.6 is 23.2 Å². The van der Waals surface area contributed by atoms with Crippen molar-refractivity contribution in [3.63, 3.8) is 0 Å². The molecule has 0 saturated carbocycles. The summed E-state index contributed by atoms with van der Waals surface area (Å²) >= 11 is 12.0. The number of amides is 1. The molecule has 32 heavy (non-hydrogen) atoms. The molecule has 4 rings (SSSR count). The van der Waals surface area contributed by atoms with Crippen LogP contribution in [0.1, 0.15) is 27.7 Å². The number of methoxy groups -OCH3 is 1. The highest BCUT2D eigenvalue weighted by Crippen LogP contribution is 2.42. The first kappa shape index (κ1) is 21.7.